The average molecular weight is 526 g/mol. The van der Waals surface area contributed by atoms with Crippen LogP contribution in [-0.4, -0.2) is 48.4 Å². The van der Waals surface area contributed by atoms with E-state index in [0.717, 1.165) is 21.0 Å². The molecule has 1 N–H and O–H groups in total. The highest BCUT2D eigenvalue weighted by Crippen LogP contribution is 2.37. The third-order valence-corrected chi connectivity index (χ3v) is 7.55. The van der Waals surface area contributed by atoms with Gasteiger partial charge in [-0.1, -0.05) is 23.8 Å². The summed E-state index contributed by atoms with van der Waals surface area (Å²) in [6, 6.07) is 15.1. The van der Waals surface area contributed by atoms with E-state index in [2.05, 4.69) is 10.5 Å². The second kappa shape index (κ2) is 11.8. The van der Waals surface area contributed by atoms with E-state index >= 15 is 0 Å². The molecule has 0 atom stereocenters. The summed E-state index contributed by atoms with van der Waals surface area (Å²) < 4.78 is 44.1. The Hall–Kier alpha value is -4.05. The number of hydrogen-bond acceptors (Lipinski definition) is 7. The van der Waals surface area contributed by atoms with Crippen LogP contribution < -0.4 is 23.9 Å². The number of nitrogens with one attached hydrogen (secondary N) is 1. The first-order valence-electron chi connectivity index (χ1n) is 11.4. The molecule has 3 rings (SSSR count). The molecule has 0 aliphatic carbocycles. The molecule has 37 heavy (non-hydrogen) atoms. The van der Waals surface area contributed by atoms with Crippen molar-refractivity contribution in [3.8, 4) is 17.2 Å². The molecule has 0 saturated heterocycles. The van der Waals surface area contributed by atoms with E-state index in [4.69, 9.17) is 14.2 Å². The molecule has 0 aromatic heterocycles. The molecule has 0 unspecified atom stereocenters. The number of carbonyl (C=O) groups excluding carboxylic acids is 1. The van der Waals surface area contributed by atoms with Gasteiger partial charge in [0.2, 0.25) is 5.75 Å². The van der Waals surface area contributed by atoms with Crippen LogP contribution in [0.2, 0.25) is 0 Å². The molecule has 9 nitrogen and oxygen atoms in total. The molecule has 0 heterocycles. The lowest BCUT2D eigenvalue weighted by atomic mass is 10.1. The molecule has 0 fully saturated rings. The first kappa shape index (κ1) is 27.5. The second-order valence-electron chi connectivity index (χ2n) is 8.35. The van der Waals surface area contributed by atoms with E-state index in [1.165, 1.54) is 39.7 Å². The van der Waals surface area contributed by atoms with Crippen LogP contribution in [-0.2, 0) is 14.8 Å². The van der Waals surface area contributed by atoms with Crippen molar-refractivity contribution in [2.75, 3.05) is 32.2 Å². The zero-order valence-electron chi connectivity index (χ0n) is 21.7. The number of hydrazone groups is 1. The topological polar surface area (TPSA) is 107 Å². The van der Waals surface area contributed by atoms with Gasteiger partial charge in [0.25, 0.3) is 15.9 Å². The summed E-state index contributed by atoms with van der Waals surface area (Å²) in [6.45, 7) is 5.22. The minimum Gasteiger partial charge on any atom is -0.493 e. The minimum atomic E-state index is -4.02. The van der Waals surface area contributed by atoms with Crippen molar-refractivity contribution >= 4 is 27.8 Å². The maximum atomic E-state index is 13.5. The van der Waals surface area contributed by atoms with Crippen LogP contribution in [0.15, 0.2) is 64.6 Å². The van der Waals surface area contributed by atoms with Crippen LogP contribution in [0.3, 0.4) is 0 Å². The van der Waals surface area contributed by atoms with Gasteiger partial charge >= 0.3 is 0 Å². The van der Waals surface area contributed by atoms with Crippen LogP contribution in [0, 0.1) is 20.8 Å². The summed E-state index contributed by atoms with van der Waals surface area (Å²) >= 11 is 0. The molecule has 0 spiro atoms. The number of carbonyl (C=O) groups is 1. The molecule has 0 saturated carbocycles. The molecular formula is C27H31N3O6S. The summed E-state index contributed by atoms with van der Waals surface area (Å²) in [4.78, 5) is 12.9. The van der Waals surface area contributed by atoms with Crippen molar-refractivity contribution in [1.29, 1.82) is 0 Å². The predicted molar refractivity (Wildman–Crippen MR) is 143 cm³/mol. The first-order valence-corrected chi connectivity index (χ1v) is 12.8. The summed E-state index contributed by atoms with van der Waals surface area (Å²) in [5, 5.41) is 3.99. The third kappa shape index (κ3) is 6.39. The van der Waals surface area contributed by atoms with Gasteiger partial charge in [0.1, 0.15) is 6.54 Å². The number of sulfonamides is 1. The maximum Gasteiger partial charge on any atom is 0.264 e. The average Bonchev–Trinajstić information content (AvgIpc) is 2.88. The number of amides is 1. The Balaban J connectivity index is 1.87. The molecule has 1 amide bonds. The quantitative estimate of drug-likeness (QED) is 0.317. The highest BCUT2D eigenvalue weighted by Gasteiger charge is 2.27. The smallest absolute Gasteiger partial charge is 0.264 e. The molecule has 3 aromatic rings. The molecule has 0 radical (unpaired) electrons. The Kier molecular flexibility index (Phi) is 8.77. The van der Waals surface area contributed by atoms with Crippen molar-refractivity contribution in [2.24, 2.45) is 5.10 Å². The van der Waals surface area contributed by atoms with Gasteiger partial charge in [-0.05, 0) is 68.3 Å². The second-order valence-corrected chi connectivity index (χ2v) is 10.2. The molecular weight excluding hydrogens is 494 g/mol. The van der Waals surface area contributed by atoms with Crippen molar-refractivity contribution < 1.29 is 27.4 Å². The van der Waals surface area contributed by atoms with Crippen LogP contribution >= 0.6 is 0 Å². The van der Waals surface area contributed by atoms with E-state index in [-0.39, 0.29) is 4.90 Å². The van der Waals surface area contributed by atoms with Crippen LogP contribution in [0.5, 0.6) is 17.2 Å². The third-order valence-electron chi connectivity index (χ3n) is 5.76. The standard InChI is InChI=1S/C27H31N3O6S/c1-18-7-11-23(12-8-18)37(32,33)30(22-10-9-19(2)20(3)13-22)17-26(31)29-28-16-21-14-24(34-4)27(36-6)25(15-21)35-5/h7-16H,17H2,1-6H3,(H,29,31)/b28-16-. The van der Waals surface area contributed by atoms with Gasteiger partial charge in [-0.15, -0.1) is 0 Å². The highest BCUT2D eigenvalue weighted by atomic mass is 32.2. The Morgan fingerprint density at radius 1 is 0.892 bits per heavy atom. The number of rotatable bonds is 10. The van der Waals surface area contributed by atoms with Crippen molar-refractivity contribution in [3.63, 3.8) is 0 Å². The summed E-state index contributed by atoms with van der Waals surface area (Å²) in [6.07, 6.45) is 1.40. The predicted octanol–water partition coefficient (Wildman–Crippen LogP) is 3.98. The molecule has 0 aliphatic heterocycles. The zero-order chi connectivity index (χ0) is 27.2. The lowest BCUT2D eigenvalue weighted by molar-refractivity contribution is -0.119. The fraction of sp³-hybridized carbons (Fsp3) is 0.259. The largest absolute Gasteiger partial charge is 0.493 e. The summed E-state index contributed by atoms with van der Waals surface area (Å²) in [5.74, 6) is 0.675. The molecule has 10 heteroatoms. The summed E-state index contributed by atoms with van der Waals surface area (Å²) in [5.41, 5.74) is 6.21. The van der Waals surface area contributed by atoms with Crippen molar-refractivity contribution in [2.45, 2.75) is 25.7 Å². The van der Waals surface area contributed by atoms with E-state index in [9.17, 15) is 13.2 Å². The lowest BCUT2D eigenvalue weighted by Gasteiger charge is -2.24. The molecule has 0 aliphatic rings. The molecule has 196 valence electrons. The van der Waals surface area contributed by atoms with Crippen LogP contribution in [0.25, 0.3) is 0 Å². The van der Waals surface area contributed by atoms with Gasteiger partial charge in [-0.25, -0.2) is 13.8 Å². The molecule has 3 aromatic carbocycles. The van der Waals surface area contributed by atoms with E-state index in [1.54, 1.807) is 36.4 Å². The number of methoxy groups -OCH3 is 3. The lowest BCUT2D eigenvalue weighted by Crippen LogP contribution is -2.39. The Morgan fingerprint density at radius 3 is 2.05 bits per heavy atom. The van der Waals surface area contributed by atoms with Crippen molar-refractivity contribution in [3.05, 3.63) is 76.9 Å². The van der Waals surface area contributed by atoms with Gasteiger partial charge in [0.15, 0.2) is 11.5 Å². The Bertz CT molecular complexity index is 1380. The number of nitrogens with zero attached hydrogens (tertiary/aromatic N) is 2. The van der Waals surface area contributed by atoms with Gasteiger partial charge in [0, 0.05) is 5.56 Å². The molecule has 0 bridgehead atoms. The first-order chi connectivity index (χ1) is 17.6. The number of anilines is 1. The van der Waals surface area contributed by atoms with E-state index < -0.39 is 22.5 Å². The van der Waals surface area contributed by atoms with Gasteiger partial charge < -0.3 is 14.2 Å². The van der Waals surface area contributed by atoms with Crippen LogP contribution in [0.1, 0.15) is 22.3 Å². The van der Waals surface area contributed by atoms with Gasteiger partial charge in [-0.2, -0.15) is 5.10 Å². The fourth-order valence-corrected chi connectivity index (χ4v) is 4.97. The normalized spacial score (nSPS) is 11.3. The Labute approximate surface area is 217 Å². The van der Waals surface area contributed by atoms with Crippen molar-refractivity contribution in [1.82, 2.24) is 5.43 Å². The van der Waals surface area contributed by atoms with Gasteiger partial charge in [-0.3, -0.25) is 9.10 Å². The summed E-state index contributed by atoms with van der Waals surface area (Å²) in [7, 11) is 0.467. The minimum absolute atomic E-state index is 0.0880. The fourth-order valence-electron chi connectivity index (χ4n) is 3.55. The van der Waals surface area contributed by atoms with Gasteiger partial charge in [0.05, 0.1) is 38.1 Å². The Morgan fingerprint density at radius 2 is 1.51 bits per heavy atom. The zero-order valence-corrected chi connectivity index (χ0v) is 22.5. The van der Waals surface area contributed by atoms with E-state index in [1.807, 2.05) is 26.8 Å². The number of benzene rings is 3. The monoisotopic (exact) mass is 525 g/mol. The highest BCUT2D eigenvalue weighted by molar-refractivity contribution is 7.92. The SMILES string of the molecule is COc1cc(/C=N\NC(=O)CN(c2ccc(C)c(C)c2)S(=O)(=O)c2ccc(C)cc2)cc(OC)c1OC. The maximum absolute atomic E-state index is 13.5. The number of ether oxygens (including phenoxy) is 3. The number of hydrogen-bond donors (Lipinski definition) is 1. The van der Waals surface area contributed by atoms with Crippen LogP contribution in [0.4, 0.5) is 5.69 Å². The van der Waals surface area contributed by atoms with E-state index in [0.29, 0.717) is 28.5 Å². The number of aryl methyl sites for hydroxylation is 3.